The van der Waals surface area contributed by atoms with Gasteiger partial charge in [-0.2, -0.15) is 13.2 Å². The number of pyridine rings is 1. The van der Waals surface area contributed by atoms with Gasteiger partial charge in [-0.1, -0.05) is 13.0 Å². The van der Waals surface area contributed by atoms with E-state index in [-0.39, 0.29) is 12.3 Å². The zero-order valence-electron chi connectivity index (χ0n) is 22.6. The van der Waals surface area contributed by atoms with E-state index in [1.54, 1.807) is 6.07 Å². The Balaban J connectivity index is 1.57. The smallest absolute Gasteiger partial charge is 0.378 e. The number of alkyl halides is 3. The molecular weight excluding hydrogens is 511 g/mol. The summed E-state index contributed by atoms with van der Waals surface area (Å²) >= 11 is 0. The molecule has 212 valence electrons. The van der Waals surface area contributed by atoms with Crippen LogP contribution in [0.2, 0.25) is 0 Å². The van der Waals surface area contributed by atoms with E-state index in [4.69, 9.17) is 9.72 Å². The summed E-state index contributed by atoms with van der Waals surface area (Å²) in [7, 11) is 0. The molecule has 2 fully saturated rings. The van der Waals surface area contributed by atoms with Crippen molar-refractivity contribution >= 4 is 29.1 Å². The van der Waals surface area contributed by atoms with Crippen LogP contribution >= 0.6 is 0 Å². The van der Waals surface area contributed by atoms with Crippen LogP contribution in [0.5, 0.6) is 0 Å². The average Bonchev–Trinajstić information content (AvgIpc) is 3.36. The number of hydrogen-bond acceptors (Lipinski definition) is 6. The predicted octanol–water partition coefficient (Wildman–Crippen LogP) is 5.48. The van der Waals surface area contributed by atoms with Gasteiger partial charge in [-0.05, 0) is 67.1 Å². The highest BCUT2D eigenvalue weighted by molar-refractivity contribution is 5.91. The van der Waals surface area contributed by atoms with E-state index in [9.17, 15) is 22.8 Å². The minimum absolute atomic E-state index is 0.0791. The Hall–Kier alpha value is -3.34. The molecule has 0 saturated carbocycles. The second-order valence-corrected chi connectivity index (χ2v) is 10.3. The Morgan fingerprint density at radius 3 is 2.59 bits per heavy atom. The van der Waals surface area contributed by atoms with Crippen LogP contribution in [0.3, 0.4) is 0 Å². The first kappa shape index (κ1) is 28.7. The molecule has 2 aliphatic heterocycles. The van der Waals surface area contributed by atoms with Crippen LogP contribution in [-0.2, 0) is 9.53 Å². The number of benzene rings is 1. The molecule has 4 rings (SSSR count). The summed E-state index contributed by atoms with van der Waals surface area (Å²) in [6.07, 6.45) is -4.36. The number of amides is 2. The fourth-order valence-corrected chi connectivity index (χ4v) is 5.03. The number of carbonyl (C=O) groups is 2. The van der Waals surface area contributed by atoms with Gasteiger partial charge in [0, 0.05) is 44.7 Å². The predicted molar refractivity (Wildman–Crippen MR) is 145 cm³/mol. The Morgan fingerprint density at radius 2 is 1.90 bits per heavy atom. The summed E-state index contributed by atoms with van der Waals surface area (Å²) in [5.41, 5.74) is 3.26. The van der Waals surface area contributed by atoms with Crippen molar-refractivity contribution in [2.24, 2.45) is 5.92 Å². The van der Waals surface area contributed by atoms with Crippen molar-refractivity contribution in [3.05, 3.63) is 35.9 Å². The molecule has 1 aromatic carbocycles. The van der Waals surface area contributed by atoms with Gasteiger partial charge in [-0.3, -0.25) is 4.79 Å². The molecule has 2 amide bonds. The molecule has 2 aliphatic rings. The lowest BCUT2D eigenvalue weighted by Gasteiger charge is -2.29. The molecular formula is C28H36F3N5O3. The zero-order valence-corrected chi connectivity index (χ0v) is 22.6. The first-order chi connectivity index (χ1) is 18.5. The van der Waals surface area contributed by atoms with Crippen molar-refractivity contribution in [2.45, 2.75) is 52.3 Å². The van der Waals surface area contributed by atoms with E-state index >= 15 is 0 Å². The number of ether oxygens (including phenoxy) is 1. The van der Waals surface area contributed by atoms with Crippen LogP contribution in [0.4, 0.5) is 35.3 Å². The topological polar surface area (TPSA) is 86.8 Å². The van der Waals surface area contributed by atoms with Crippen LogP contribution in [0, 0.1) is 12.8 Å². The molecule has 1 aromatic heterocycles. The standard InChI is InChI=1S/C28H36F3N5O3/c1-4-24(37)19(3)32-25-13-21(14-26(34-25)35-9-11-39-12-10-35)23-15-22(6-5-18(23)2)33-27(38)36-8-7-20(17-36)16-28(29,30)31/h5-6,13-15,19-20H,4,7-12,16-17H2,1-3H3,(H,32,34)(H,33,38)/t19-,20+/m1/s1. The fourth-order valence-electron chi connectivity index (χ4n) is 5.03. The molecule has 0 aliphatic carbocycles. The maximum Gasteiger partial charge on any atom is 0.389 e. The van der Waals surface area contributed by atoms with E-state index in [1.807, 2.05) is 45.0 Å². The summed E-state index contributed by atoms with van der Waals surface area (Å²) in [5, 5.41) is 6.09. The molecule has 11 heteroatoms. The second-order valence-electron chi connectivity index (χ2n) is 10.3. The lowest BCUT2D eigenvalue weighted by molar-refractivity contribution is -0.143. The lowest BCUT2D eigenvalue weighted by atomic mass is 10.00. The number of nitrogens with zero attached hydrogens (tertiary/aromatic N) is 3. The Kier molecular flexibility index (Phi) is 8.99. The number of likely N-dealkylation sites (tertiary alicyclic amines) is 1. The number of nitrogens with one attached hydrogen (secondary N) is 2. The maximum absolute atomic E-state index is 12.9. The van der Waals surface area contributed by atoms with E-state index in [0.717, 1.165) is 22.5 Å². The summed E-state index contributed by atoms with van der Waals surface area (Å²) in [4.78, 5) is 33.4. The molecule has 2 aromatic rings. The summed E-state index contributed by atoms with van der Waals surface area (Å²) in [6, 6.07) is 8.60. The summed E-state index contributed by atoms with van der Waals surface area (Å²) < 4.78 is 43.8. The van der Waals surface area contributed by atoms with Gasteiger partial charge in [0.25, 0.3) is 0 Å². The highest BCUT2D eigenvalue weighted by atomic mass is 19.4. The van der Waals surface area contributed by atoms with Gasteiger partial charge < -0.3 is 25.2 Å². The van der Waals surface area contributed by atoms with Crippen LogP contribution in [0.25, 0.3) is 11.1 Å². The second kappa shape index (κ2) is 12.2. The van der Waals surface area contributed by atoms with E-state index in [0.29, 0.717) is 57.2 Å². The molecule has 3 heterocycles. The van der Waals surface area contributed by atoms with Crippen molar-refractivity contribution in [3.63, 3.8) is 0 Å². The van der Waals surface area contributed by atoms with Crippen molar-refractivity contribution < 1.29 is 27.5 Å². The molecule has 2 N–H and O–H groups in total. The fraction of sp³-hybridized carbons (Fsp3) is 0.536. The monoisotopic (exact) mass is 547 g/mol. The number of ketones is 1. The van der Waals surface area contributed by atoms with Crippen molar-refractivity contribution in [1.82, 2.24) is 9.88 Å². The van der Waals surface area contributed by atoms with E-state index in [2.05, 4.69) is 15.5 Å². The van der Waals surface area contributed by atoms with Gasteiger partial charge in [-0.25, -0.2) is 9.78 Å². The number of aromatic nitrogens is 1. The Labute approximate surface area is 226 Å². The number of hydrogen-bond donors (Lipinski definition) is 2. The number of urea groups is 1. The number of aryl methyl sites for hydroxylation is 1. The normalized spacial score (nSPS) is 18.7. The highest BCUT2D eigenvalue weighted by Gasteiger charge is 2.36. The Bertz CT molecular complexity index is 1180. The molecule has 39 heavy (non-hydrogen) atoms. The minimum Gasteiger partial charge on any atom is -0.378 e. The quantitative estimate of drug-likeness (QED) is 0.455. The minimum atomic E-state index is -4.23. The number of rotatable bonds is 8. The third kappa shape index (κ3) is 7.62. The molecule has 0 unspecified atom stereocenters. The van der Waals surface area contributed by atoms with Crippen molar-refractivity contribution in [3.8, 4) is 11.1 Å². The average molecular weight is 548 g/mol. The van der Waals surface area contributed by atoms with Crippen LogP contribution < -0.4 is 15.5 Å². The first-order valence-electron chi connectivity index (χ1n) is 13.4. The Morgan fingerprint density at radius 1 is 1.15 bits per heavy atom. The number of morpholine rings is 1. The highest BCUT2D eigenvalue weighted by Crippen LogP contribution is 2.33. The summed E-state index contributed by atoms with van der Waals surface area (Å²) in [6.45, 7) is 8.57. The molecule has 8 nitrogen and oxygen atoms in total. The summed E-state index contributed by atoms with van der Waals surface area (Å²) in [5.74, 6) is 0.837. The van der Waals surface area contributed by atoms with Gasteiger partial charge in [0.05, 0.1) is 19.3 Å². The zero-order chi connectivity index (χ0) is 28.2. The van der Waals surface area contributed by atoms with Crippen molar-refractivity contribution in [1.29, 1.82) is 0 Å². The van der Waals surface area contributed by atoms with E-state index in [1.165, 1.54) is 4.90 Å². The van der Waals surface area contributed by atoms with E-state index < -0.39 is 30.6 Å². The number of halogens is 3. The first-order valence-corrected chi connectivity index (χ1v) is 13.4. The lowest BCUT2D eigenvalue weighted by Crippen LogP contribution is -2.37. The number of anilines is 3. The maximum atomic E-state index is 12.9. The van der Waals surface area contributed by atoms with Crippen molar-refractivity contribution in [2.75, 3.05) is 54.9 Å². The van der Waals surface area contributed by atoms with Gasteiger partial charge in [0.15, 0.2) is 5.78 Å². The molecule has 0 radical (unpaired) electrons. The van der Waals surface area contributed by atoms with Gasteiger partial charge in [-0.15, -0.1) is 0 Å². The third-order valence-corrected chi connectivity index (χ3v) is 7.24. The van der Waals surface area contributed by atoms with Gasteiger partial charge >= 0.3 is 12.2 Å². The molecule has 2 saturated heterocycles. The number of Topliss-reactive ketones (excluding diaryl/α,β-unsaturated/α-hetero) is 1. The molecule has 0 spiro atoms. The van der Waals surface area contributed by atoms with Crippen LogP contribution in [-0.4, -0.2) is 73.3 Å². The number of carbonyl (C=O) groups excluding carboxylic acids is 2. The SMILES string of the molecule is CCC(=O)[C@@H](C)Nc1cc(-c2cc(NC(=O)N3CC[C@@H](CC(F)(F)F)C3)ccc2C)cc(N2CCOCC2)n1. The third-order valence-electron chi connectivity index (χ3n) is 7.24. The largest absolute Gasteiger partial charge is 0.389 e. The van der Waals surface area contributed by atoms with Crippen LogP contribution in [0.1, 0.15) is 38.7 Å². The van der Waals surface area contributed by atoms with Crippen LogP contribution in [0.15, 0.2) is 30.3 Å². The molecule has 2 atom stereocenters. The van der Waals surface area contributed by atoms with Gasteiger partial charge in [0.2, 0.25) is 0 Å². The molecule has 0 bridgehead atoms. The van der Waals surface area contributed by atoms with Gasteiger partial charge in [0.1, 0.15) is 11.6 Å².